The van der Waals surface area contributed by atoms with E-state index in [4.69, 9.17) is 15.7 Å². The van der Waals surface area contributed by atoms with Crippen LogP contribution in [0, 0.1) is 17.1 Å². The van der Waals surface area contributed by atoms with Crippen molar-refractivity contribution in [3.63, 3.8) is 0 Å². The molecule has 1 atom stereocenters. The Kier molecular flexibility index (Phi) is 8.03. The molecule has 0 aliphatic carbocycles. The Hall–Kier alpha value is -2.82. The zero-order valence-corrected chi connectivity index (χ0v) is 16.2. The topological polar surface area (TPSA) is 108 Å². The van der Waals surface area contributed by atoms with Gasteiger partial charge in [-0.1, -0.05) is 0 Å². The number of nitrogens with two attached hydrogens (primary N) is 1. The lowest BCUT2D eigenvalue weighted by Gasteiger charge is -2.20. The predicted molar refractivity (Wildman–Crippen MR) is 101 cm³/mol. The molecule has 0 saturated carbocycles. The fourth-order valence-electron chi connectivity index (χ4n) is 2.39. The summed E-state index contributed by atoms with van der Waals surface area (Å²) in [4.78, 5) is 23.7. The van der Waals surface area contributed by atoms with Crippen LogP contribution in [0.5, 0.6) is 0 Å². The van der Waals surface area contributed by atoms with Crippen LogP contribution in [0.2, 0.25) is 0 Å². The summed E-state index contributed by atoms with van der Waals surface area (Å²) in [5.74, 6) is -0.935. The van der Waals surface area contributed by atoms with E-state index in [2.05, 4.69) is 10.2 Å². The van der Waals surface area contributed by atoms with E-state index in [0.717, 1.165) is 31.6 Å². The highest BCUT2D eigenvalue weighted by Gasteiger charge is 2.19. The monoisotopic (exact) mass is 378 g/mol. The Morgan fingerprint density at radius 1 is 1.33 bits per heavy atom. The lowest BCUT2D eigenvalue weighted by molar-refractivity contribution is -0.119. The Bertz CT molecular complexity index is 704. The number of rotatable bonds is 3. The molecule has 7 nitrogen and oxygen atoms in total. The molecule has 27 heavy (non-hydrogen) atoms. The molecule has 0 spiro atoms. The number of alkyl carbamates (subject to hydrolysis) is 1. The lowest BCUT2D eigenvalue weighted by atomic mass is 10.2. The van der Waals surface area contributed by atoms with Gasteiger partial charge in [0, 0.05) is 13.1 Å². The number of carbonyl (C=O) groups excluding carboxylic acids is 2. The van der Waals surface area contributed by atoms with Crippen molar-refractivity contribution in [2.45, 2.75) is 52.2 Å². The molecule has 0 bridgehead atoms. The number of nitriles is 1. The molecule has 0 radical (unpaired) electrons. The van der Waals surface area contributed by atoms with Gasteiger partial charge in [-0.05, 0) is 58.7 Å². The Morgan fingerprint density at radius 2 is 1.93 bits per heavy atom. The van der Waals surface area contributed by atoms with Crippen LogP contribution < -0.4 is 16.0 Å². The zero-order valence-electron chi connectivity index (χ0n) is 16.2. The van der Waals surface area contributed by atoms with E-state index in [1.54, 1.807) is 26.8 Å². The normalized spacial score (nSPS) is 14.4. The number of nitrogens with zero attached hydrogens (tertiary/aromatic N) is 2. The third-order valence-corrected chi connectivity index (χ3v) is 3.69. The molecule has 2 rings (SSSR count). The first kappa shape index (κ1) is 22.2. The summed E-state index contributed by atoms with van der Waals surface area (Å²) in [5.41, 5.74) is 5.67. The molecule has 1 saturated heterocycles. The van der Waals surface area contributed by atoms with E-state index in [1.165, 1.54) is 19.1 Å². The van der Waals surface area contributed by atoms with Gasteiger partial charge in [0.2, 0.25) is 5.91 Å². The number of hydrogen-bond acceptors (Lipinski definition) is 5. The van der Waals surface area contributed by atoms with Crippen molar-refractivity contribution < 1.29 is 18.7 Å². The molecular formula is C19H27FN4O3. The number of amides is 2. The first-order valence-electron chi connectivity index (χ1n) is 8.77. The molecule has 1 aromatic carbocycles. The molecule has 148 valence electrons. The second kappa shape index (κ2) is 9.76. The third kappa shape index (κ3) is 7.94. The van der Waals surface area contributed by atoms with Crippen LogP contribution in [-0.2, 0) is 9.53 Å². The maximum atomic E-state index is 12.9. The number of hydrogen-bond donors (Lipinski definition) is 2. The second-order valence-corrected chi connectivity index (χ2v) is 7.24. The Balaban J connectivity index is 0.000000271. The van der Waals surface area contributed by atoms with E-state index in [-0.39, 0.29) is 5.82 Å². The standard InChI is InChI=1S/C11H11FN2.C8H16N2O3/c12-10-3-4-11(9(7-10)8-13)14-5-1-2-6-14;1-5(6(9)11)10-7(12)13-8(2,3)4/h3-4,7H,1-2,5-6H2;5H,1-4H3,(H2,9,11)(H,10,12). The minimum atomic E-state index is -0.713. The van der Waals surface area contributed by atoms with Gasteiger partial charge in [-0.15, -0.1) is 0 Å². The molecule has 2 amide bonds. The van der Waals surface area contributed by atoms with Gasteiger partial charge < -0.3 is 20.7 Å². The number of anilines is 1. The first-order valence-corrected chi connectivity index (χ1v) is 8.77. The average molecular weight is 378 g/mol. The molecular weight excluding hydrogens is 351 g/mol. The second-order valence-electron chi connectivity index (χ2n) is 7.24. The van der Waals surface area contributed by atoms with Gasteiger partial charge >= 0.3 is 6.09 Å². The number of benzene rings is 1. The van der Waals surface area contributed by atoms with E-state index in [9.17, 15) is 14.0 Å². The number of halogens is 1. The van der Waals surface area contributed by atoms with Gasteiger partial charge in [0.15, 0.2) is 0 Å². The van der Waals surface area contributed by atoms with Crippen LogP contribution in [0.3, 0.4) is 0 Å². The lowest BCUT2D eigenvalue weighted by Crippen LogP contribution is -2.44. The van der Waals surface area contributed by atoms with Gasteiger partial charge in [-0.2, -0.15) is 5.26 Å². The van der Waals surface area contributed by atoms with Crippen molar-refractivity contribution in [2.75, 3.05) is 18.0 Å². The fraction of sp³-hybridized carbons (Fsp3) is 0.526. The summed E-state index contributed by atoms with van der Waals surface area (Å²) < 4.78 is 17.8. The van der Waals surface area contributed by atoms with Gasteiger partial charge in [-0.3, -0.25) is 4.79 Å². The van der Waals surface area contributed by atoms with Crippen LogP contribution in [-0.4, -0.2) is 36.7 Å². The highest BCUT2D eigenvalue weighted by molar-refractivity contribution is 5.83. The summed E-state index contributed by atoms with van der Waals surface area (Å²) >= 11 is 0. The van der Waals surface area contributed by atoms with Crippen LogP contribution in [0.15, 0.2) is 18.2 Å². The number of primary amides is 1. The van der Waals surface area contributed by atoms with Crippen LogP contribution in [0.25, 0.3) is 0 Å². The summed E-state index contributed by atoms with van der Waals surface area (Å²) in [7, 11) is 0. The zero-order chi connectivity index (χ0) is 20.6. The minimum Gasteiger partial charge on any atom is -0.444 e. The van der Waals surface area contributed by atoms with Crippen LogP contribution in [0.4, 0.5) is 14.9 Å². The third-order valence-electron chi connectivity index (χ3n) is 3.69. The smallest absolute Gasteiger partial charge is 0.408 e. The summed E-state index contributed by atoms with van der Waals surface area (Å²) in [6.07, 6.45) is 1.67. The molecule has 1 heterocycles. The van der Waals surface area contributed by atoms with E-state index >= 15 is 0 Å². The first-order chi connectivity index (χ1) is 12.5. The van der Waals surface area contributed by atoms with Gasteiger partial charge in [0.25, 0.3) is 0 Å². The maximum absolute atomic E-state index is 12.9. The molecule has 3 N–H and O–H groups in total. The SMILES string of the molecule is CC(NC(=O)OC(C)(C)C)C(N)=O.N#Cc1cc(F)ccc1N1CCCC1. The van der Waals surface area contributed by atoms with Crippen molar-refractivity contribution in [1.29, 1.82) is 5.26 Å². The highest BCUT2D eigenvalue weighted by atomic mass is 19.1. The fourth-order valence-corrected chi connectivity index (χ4v) is 2.39. The van der Waals surface area contributed by atoms with Gasteiger partial charge in [0.1, 0.15) is 23.5 Å². The number of nitrogens with one attached hydrogen (secondary N) is 1. The average Bonchev–Trinajstić information content (AvgIpc) is 3.07. The summed E-state index contributed by atoms with van der Waals surface area (Å²) in [6, 6.07) is 5.72. The van der Waals surface area contributed by atoms with Crippen LogP contribution >= 0.6 is 0 Å². The van der Waals surface area contributed by atoms with E-state index < -0.39 is 23.6 Å². The molecule has 0 aromatic heterocycles. The summed E-state index contributed by atoms with van der Waals surface area (Å²) in [5, 5.41) is 11.2. The minimum absolute atomic E-state index is 0.343. The number of carbonyl (C=O) groups is 2. The predicted octanol–water partition coefficient (Wildman–Crippen LogP) is 2.68. The molecule has 1 unspecified atom stereocenters. The van der Waals surface area contributed by atoms with E-state index in [1.807, 2.05) is 6.07 Å². The van der Waals surface area contributed by atoms with Crippen LogP contribution in [0.1, 0.15) is 46.1 Å². The van der Waals surface area contributed by atoms with Crippen molar-refractivity contribution in [3.8, 4) is 6.07 Å². The van der Waals surface area contributed by atoms with E-state index in [0.29, 0.717) is 5.56 Å². The molecule has 1 fully saturated rings. The maximum Gasteiger partial charge on any atom is 0.408 e. The van der Waals surface area contributed by atoms with Crippen molar-refractivity contribution >= 4 is 17.7 Å². The van der Waals surface area contributed by atoms with Crippen molar-refractivity contribution in [3.05, 3.63) is 29.6 Å². The largest absolute Gasteiger partial charge is 0.444 e. The summed E-state index contributed by atoms with van der Waals surface area (Å²) in [6.45, 7) is 8.65. The molecule has 1 aliphatic rings. The highest BCUT2D eigenvalue weighted by Crippen LogP contribution is 2.24. The number of ether oxygens (including phenoxy) is 1. The van der Waals surface area contributed by atoms with Crippen molar-refractivity contribution in [2.24, 2.45) is 5.73 Å². The Labute approximate surface area is 159 Å². The molecule has 1 aliphatic heterocycles. The van der Waals surface area contributed by atoms with Crippen molar-refractivity contribution in [1.82, 2.24) is 5.32 Å². The quantitative estimate of drug-likeness (QED) is 0.840. The Morgan fingerprint density at radius 3 is 2.41 bits per heavy atom. The van der Waals surface area contributed by atoms with Gasteiger partial charge in [0.05, 0.1) is 11.3 Å². The molecule has 8 heteroatoms. The van der Waals surface area contributed by atoms with Gasteiger partial charge in [-0.25, -0.2) is 9.18 Å². The molecule has 1 aromatic rings.